The molecule has 4 nitrogen and oxygen atoms in total. The van der Waals surface area contributed by atoms with E-state index in [0.29, 0.717) is 0 Å². The van der Waals surface area contributed by atoms with E-state index < -0.39 is 7.82 Å². The molecule has 0 aliphatic heterocycles. The van der Waals surface area contributed by atoms with Crippen LogP contribution in [0.15, 0.2) is 0 Å². The van der Waals surface area contributed by atoms with E-state index in [9.17, 15) is 4.57 Å². The summed E-state index contributed by atoms with van der Waals surface area (Å²) in [6.07, 6.45) is 22.0. The van der Waals surface area contributed by atoms with E-state index >= 15 is 0 Å². The molecule has 0 aromatic carbocycles. The molecule has 0 aromatic heterocycles. The largest absolute Gasteiger partial charge is 0.469 e. The molecule has 0 aromatic rings. The summed E-state index contributed by atoms with van der Waals surface area (Å²) in [7, 11) is -4.34. The van der Waals surface area contributed by atoms with Gasteiger partial charge in [0.2, 0.25) is 0 Å². The number of hydrogen-bond donors (Lipinski definition) is 2. The summed E-state index contributed by atoms with van der Waals surface area (Å²) in [6.45, 7) is 4.28. The molecule has 0 aliphatic rings. The SMILES string of the molecule is CCCCCCCCCCCCCCCCCC(CCC)OP(=O)(O)O. The molecule has 0 bridgehead atoms. The molecule has 0 heterocycles. The van der Waals surface area contributed by atoms with Crippen molar-refractivity contribution in [2.45, 2.75) is 136 Å². The Morgan fingerprint density at radius 2 is 1.00 bits per heavy atom. The van der Waals surface area contributed by atoms with E-state index in [2.05, 4.69) is 6.92 Å². The van der Waals surface area contributed by atoms with E-state index in [1.165, 1.54) is 83.5 Å². The lowest BCUT2D eigenvalue weighted by Gasteiger charge is -2.17. The van der Waals surface area contributed by atoms with Crippen molar-refractivity contribution in [3.05, 3.63) is 0 Å². The smallest absolute Gasteiger partial charge is 0.303 e. The van der Waals surface area contributed by atoms with Gasteiger partial charge in [0.15, 0.2) is 0 Å². The fraction of sp³-hybridized carbons (Fsp3) is 1.00. The van der Waals surface area contributed by atoms with Crippen molar-refractivity contribution in [3.63, 3.8) is 0 Å². The van der Waals surface area contributed by atoms with Crippen LogP contribution < -0.4 is 0 Å². The average molecular weight is 393 g/mol. The Morgan fingerprint density at radius 3 is 1.35 bits per heavy atom. The minimum absolute atomic E-state index is 0.289. The van der Waals surface area contributed by atoms with Crippen LogP contribution in [0.1, 0.15) is 129 Å². The highest BCUT2D eigenvalue weighted by Crippen LogP contribution is 2.39. The highest BCUT2D eigenvalue weighted by Gasteiger charge is 2.21. The molecule has 0 aliphatic carbocycles. The Bertz CT molecular complexity index is 330. The Morgan fingerprint density at radius 1 is 0.615 bits per heavy atom. The maximum absolute atomic E-state index is 10.9. The molecule has 1 atom stereocenters. The van der Waals surface area contributed by atoms with Gasteiger partial charge in [-0.1, -0.05) is 117 Å². The molecule has 158 valence electrons. The zero-order valence-electron chi connectivity index (χ0n) is 17.5. The molecule has 5 heteroatoms. The number of phosphoric acid groups is 1. The molecule has 0 rings (SSSR count). The van der Waals surface area contributed by atoms with Crippen LogP contribution in [0.2, 0.25) is 0 Å². The van der Waals surface area contributed by atoms with Gasteiger partial charge < -0.3 is 9.79 Å². The van der Waals surface area contributed by atoms with Crippen molar-refractivity contribution in [2.24, 2.45) is 0 Å². The second kappa shape index (κ2) is 18.5. The van der Waals surface area contributed by atoms with E-state index in [1.807, 2.05) is 6.92 Å². The van der Waals surface area contributed by atoms with Crippen molar-refractivity contribution in [3.8, 4) is 0 Å². The first-order valence-electron chi connectivity index (χ1n) is 11.2. The predicted octanol–water partition coefficient (Wildman–Crippen LogP) is 7.53. The van der Waals surface area contributed by atoms with Crippen LogP contribution in [0.4, 0.5) is 0 Å². The molecule has 2 N–H and O–H groups in total. The monoisotopic (exact) mass is 392 g/mol. The zero-order valence-corrected chi connectivity index (χ0v) is 18.4. The number of rotatable bonds is 20. The quantitative estimate of drug-likeness (QED) is 0.166. The van der Waals surface area contributed by atoms with E-state index in [1.54, 1.807) is 0 Å². The standard InChI is InChI=1S/C21H45O4P/c1-3-5-6-7-8-9-10-11-12-13-14-15-16-17-18-20-21(19-4-2)25-26(22,23)24/h21H,3-20H2,1-2H3,(H2,22,23,24). The van der Waals surface area contributed by atoms with Crippen LogP contribution in [0.3, 0.4) is 0 Å². The van der Waals surface area contributed by atoms with Crippen LogP contribution in [-0.4, -0.2) is 15.9 Å². The van der Waals surface area contributed by atoms with Crippen molar-refractivity contribution < 1.29 is 18.9 Å². The Labute approximate surface area is 162 Å². The predicted molar refractivity (Wildman–Crippen MR) is 111 cm³/mol. The van der Waals surface area contributed by atoms with Crippen molar-refractivity contribution in [1.82, 2.24) is 0 Å². The molecule has 0 saturated carbocycles. The van der Waals surface area contributed by atoms with Gasteiger partial charge in [-0.25, -0.2) is 4.57 Å². The van der Waals surface area contributed by atoms with Crippen LogP contribution in [0.25, 0.3) is 0 Å². The Hall–Kier alpha value is 0.110. The summed E-state index contributed by atoms with van der Waals surface area (Å²) in [6, 6.07) is 0. The Balaban J connectivity index is 3.33. The lowest BCUT2D eigenvalue weighted by molar-refractivity contribution is 0.117. The average Bonchev–Trinajstić information content (AvgIpc) is 2.57. The normalized spacial score (nSPS) is 13.2. The molecular formula is C21H45O4P. The van der Waals surface area contributed by atoms with Crippen molar-refractivity contribution in [2.75, 3.05) is 0 Å². The van der Waals surface area contributed by atoms with Crippen LogP contribution in [0.5, 0.6) is 0 Å². The fourth-order valence-electron chi connectivity index (χ4n) is 3.51. The first kappa shape index (κ1) is 26.1. The molecule has 0 radical (unpaired) electrons. The molecular weight excluding hydrogens is 347 g/mol. The summed E-state index contributed by atoms with van der Waals surface area (Å²) in [4.78, 5) is 17.9. The van der Waals surface area contributed by atoms with Crippen LogP contribution in [-0.2, 0) is 9.09 Å². The second-order valence-corrected chi connectivity index (χ2v) is 8.94. The summed E-state index contributed by atoms with van der Waals surface area (Å²) < 4.78 is 15.8. The van der Waals surface area contributed by atoms with Crippen LogP contribution >= 0.6 is 7.82 Å². The maximum Gasteiger partial charge on any atom is 0.469 e. The number of unbranched alkanes of at least 4 members (excludes halogenated alkanes) is 14. The number of phosphoric ester groups is 1. The van der Waals surface area contributed by atoms with Gasteiger partial charge in [-0.05, 0) is 12.8 Å². The fourth-order valence-corrected chi connectivity index (χ4v) is 4.11. The summed E-state index contributed by atoms with van der Waals surface area (Å²) >= 11 is 0. The van der Waals surface area contributed by atoms with E-state index in [4.69, 9.17) is 14.3 Å². The van der Waals surface area contributed by atoms with Gasteiger partial charge in [-0.3, -0.25) is 4.52 Å². The highest BCUT2D eigenvalue weighted by atomic mass is 31.2. The van der Waals surface area contributed by atoms with Crippen molar-refractivity contribution >= 4 is 7.82 Å². The van der Waals surface area contributed by atoms with Gasteiger partial charge in [0, 0.05) is 0 Å². The third-order valence-corrected chi connectivity index (χ3v) is 5.60. The summed E-state index contributed by atoms with van der Waals surface area (Å²) in [5.74, 6) is 0. The topological polar surface area (TPSA) is 66.8 Å². The zero-order chi connectivity index (χ0) is 19.5. The lowest BCUT2D eigenvalue weighted by Crippen LogP contribution is -2.11. The maximum atomic E-state index is 10.9. The minimum Gasteiger partial charge on any atom is -0.303 e. The molecule has 0 amide bonds. The van der Waals surface area contributed by atoms with E-state index in [-0.39, 0.29) is 6.10 Å². The van der Waals surface area contributed by atoms with Gasteiger partial charge in [-0.15, -0.1) is 0 Å². The summed E-state index contributed by atoms with van der Waals surface area (Å²) in [5, 5.41) is 0. The first-order valence-corrected chi connectivity index (χ1v) is 12.8. The van der Waals surface area contributed by atoms with Gasteiger partial charge in [-0.2, -0.15) is 0 Å². The van der Waals surface area contributed by atoms with Gasteiger partial charge in [0.25, 0.3) is 0 Å². The Kier molecular flexibility index (Phi) is 18.6. The molecule has 0 fully saturated rings. The van der Waals surface area contributed by atoms with Gasteiger partial charge in [0.1, 0.15) is 0 Å². The van der Waals surface area contributed by atoms with E-state index in [0.717, 1.165) is 32.1 Å². The number of hydrogen-bond acceptors (Lipinski definition) is 2. The first-order chi connectivity index (χ1) is 12.5. The van der Waals surface area contributed by atoms with Gasteiger partial charge in [0.05, 0.1) is 6.10 Å². The van der Waals surface area contributed by atoms with Crippen LogP contribution in [0, 0.1) is 0 Å². The summed E-state index contributed by atoms with van der Waals surface area (Å²) in [5.41, 5.74) is 0. The third kappa shape index (κ3) is 20.4. The molecule has 1 unspecified atom stereocenters. The molecule has 26 heavy (non-hydrogen) atoms. The highest BCUT2D eigenvalue weighted by molar-refractivity contribution is 7.46. The lowest BCUT2D eigenvalue weighted by atomic mass is 10.0. The molecule has 0 saturated heterocycles. The molecule has 0 spiro atoms. The van der Waals surface area contributed by atoms with Crippen molar-refractivity contribution in [1.29, 1.82) is 0 Å². The van der Waals surface area contributed by atoms with Gasteiger partial charge >= 0.3 is 7.82 Å². The second-order valence-electron chi connectivity index (χ2n) is 7.75. The third-order valence-electron chi connectivity index (χ3n) is 5.03. The minimum atomic E-state index is -4.34.